The molecular weight excluding hydrogens is 327 g/mol. The average molecular weight is 346 g/mol. The molecule has 2 rings (SSSR count). The Kier molecular flexibility index (Phi) is 5.59. The molecular formula is C18H19FN2O4. The summed E-state index contributed by atoms with van der Waals surface area (Å²) in [7, 11) is 0. The van der Waals surface area contributed by atoms with E-state index in [9.17, 15) is 14.0 Å². The molecule has 0 spiro atoms. The Bertz CT molecular complexity index is 737. The van der Waals surface area contributed by atoms with E-state index < -0.39 is 17.6 Å². The largest absolute Gasteiger partial charge is 0.457 e. The highest BCUT2D eigenvalue weighted by Gasteiger charge is 2.16. The quantitative estimate of drug-likeness (QED) is 0.829. The van der Waals surface area contributed by atoms with Gasteiger partial charge in [-0.25, -0.2) is 14.6 Å². The summed E-state index contributed by atoms with van der Waals surface area (Å²) in [4.78, 5) is 23.4. The van der Waals surface area contributed by atoms with Crippen molar-refractivity contribution in [3.63, 3.8) is 0 Å². The number of hydrogen-bond donors (Lipinski definition) is 2. The molecule has 2 amide bonds. The summed E-state index contributed by atoms with van der Waals surface area (Å²) in [5, 5.41) is 0. The van der Waals surface area contributed by atoms with Gasteiger partial charge < -0.3 is 9.47 Å². The van der Waals surface area contributed by atoms with Crippen LogP contribution >= 0.6 is 0 Å². The Morgan fingerprint density at radius 1 is 0.880 bits per heavy atom. The lowest BCUT2D eigenvalue weighted by Gasteiger charge is -2.19. The maximum atomic E-state index is 12.8. The van der Waals surface area contributed by atoms with Crippen molar-refractivity contribution in [2.45, 2.75) is 26.4 Å². The van der Waals surface area contributed by atoms with Crippen molar-refractivity contribution in [1.29, 1.82) is 0 Å². The molecule has 0 fully saturated rings. The van der Waals surface area contributed by atoms with Gasteiger partial charge in [0.25, 0.3) is 5.91 Å². The van der Waals surface area contributed by atoms with E-state index >= 15 is 0 Å². The number of halogens is 1. The second-order valence-electron chi connectivity index (χ2n) is 6.16. The van der Waals surface area contributed by atoms with Crippen LogP contribution in [0.1, 0.15) is 31.1 Å². The number of amides is 2. The maximum absolute atomic E-state index is 12.8. The van der Waals surface area contributed by atoms with E-state index in [4.69, 9.17) is 9.47 Å². The van der Waals surface area contributed by atoms with Gasteiger partial charge in [-0.2, -0.15) is 0 Å². The third-order valence-electron chi connectivity index (χ3n) is 2.84. The predicted molar refractivity (Wildman–Crippen MR) is 89.8 cm³/mol. The Hall–Kier alpha value is -3.09. The van der Waals surface area contributed by atoms with Crippen LogP contribution in [0.5, 0.6) is 11.5 Å². The minimum atomic E-state index is -0.753. The standard InChI is InChI=1S/C18H19FN2O4/c1-18(2,3)25-17(23)21-20-16(22)12-4-8-14(9-5-12)24-15-10-6-13(19)7-11-15/h4-11H,1-3H3,(H,20,22)(H,21,23). The minimum Gasteiger partial charge on any atom is -0.457 e. The molecule has 2 N–H and O–H groups in total. The van der Waals surface area contributed by atoms with Crippen LogP contribution in [0.4, 0.5) is 9.18 Å². The number of ether oxygens (including phenoxy) is 2. The number of carbonyl (C=O) groups excluding carboxylic acids is 2. The molecule has 0 aliphatic carbocycles. The third-order valence-corrected chi connectivity index (χ3v) is 2.84. The molecule has 0 aliphatic rings. The lowest BCUT2D eigenvalue weighted by Crippen LogP contribution is -2.44. The van der Waals surface area contributed by atoms with Crippen LogP contribution in [0.2, 0.25) is 0 Å². The van der Waals surface area contributed by atoms with Crippen LogP contribution in [0, 0.1) is 5.82 Å². The normalized spacial score (nSPS) is 10.7. The van der Waals surface area contributed by atoms with Crippen molar-refractivity contribution in [3.05, 3.63) is 59.9 Å². The van der Waals surface area contributed by atoms with Gasteiger partial charge in [-0.1, -0.05) is 0 Å². The minimum absolute atomic E-state index is 0.322. The smallest absolute Gasteiger partial charge is 0.426 e. The third kappa shape index (κ3) is 6.14. The predicted octanol–water partition coefficient (Wildman–Crippen LogP) is 3.79. The van der Waals surface area contributed by atoms with Gasteiger partial charge in [-0.3, -0.25) is 10.2 Å². The Balaban J connectivity index is 1.89. The number of nitrogens with one attached hydrogen (secondary N) is 2. The van der Waals surface area contributed by atoms with Gasteiger partial charge in [-0.05, 0) is 69.3 Å². The van der Waals surface area contributed by atoms with E-state index in [0.717, 1.165) is 0 Å². The van der Waals surface area contributed by atoms with Crippen molar-refractivity contribution in [2.75, 3.05) is 0 Å². The summed E-state index contributed by atoms with van der Waals surface area (Å²) >= 11 is 0. The topological polar surface area (TPSA) is 76.7 Å². The summed E-state index contributed by atoms with van der Waals surface area (Å²) < 4.78 is 23.4. The van der Waals surface area contributed by atoms with Gasteiger partial charge >= 0.3 is 6.09 Å². The molecule has 0 atom stereocenters. The molecule has 0 radical (unpaired) electrons. The summed E-state index contributed by atoms with van der Waals surface area (Å²) in [5.74, 6) is 0.115. The van der Waals surface area contributed by atoms with Gasteiger partial charge in [-0.15, -0.1) is 0 Å². The highest BCUT2D eigenvalue weighted by atomic mass is 19.1. The number of carbonyl (C=O) groups is 2. The summed E-state index contributed by atoms with van der Waals surface area (Å²) in [5.41, 5.74) is 4.08. The van der Waals surface area contributed by atoms with Gasteiger partial charge in [0.05, 0.1) is 0 Å². The van der Waals surface area contributed by atoms with E-state index in [0.29, 0.717) is 17.1 Å². The lowest BCUT2D eigenvalue weighted by molar-refractivity contribution is 0.0483. The number of benzene rings is 2. The fraction of sp³-hybridized carbons (Fsp3) is 0.222. The molecule has 0 saturated carbocycles. The zero-order valence-electron chi connectivity index (χ0n) is 14.1. The maximum Gasteiger partial charge on any atom is 0.426 e. The zero-order chi connectivity index (χ0) is 18.4. The number of hydrogen-bond acceptors (Lipinski definition) is 4. The van der Waals surface area contributed by atoms with E-state index in [1.165, 1.54) is 36.4 Å². The molecule has 0 bridgehead atoms. The highest BCUT2D eigenvalue weighted by Crippen LogP contribution is 2.21. The van der Waals surface area contributed by atoms with Crippen LogP contribution in [0.25, 0.3) is 0 Å². The molecule has 0 heterocycles. The van der Waals surface area contributed by atoms with E-state index in [1.807, 2.05) is 0 Å². The molecule has 2 aromatic carbocycles. The van der Waals surface area contributed by atoms with Crippen molar-refractivity contribution < 1.29 is 23.5 Å². The Morgan fingerprint density at radius 3 is 1.92 bits per heavy atom. The second kappa shape index (κ2) is 7.65. The van der Waals surface area contributed by atoms with Crippen LogP contribution in [0.15, 0.2) is 48.5 Å². The van der Waals surface area contributed by atoms with Crippen molar-refractivity contribution in [3.8, 4) is 11.5 Å². The van der Waals surface area contributed by atoms with E-state index in [1.54, 1.807) is 32.9 Å². The van der Waals surface area contributed by atoms with Crippen molar-refractivity contribution in [1.82, 2.24) is 10.9 Å². The SMILES string of the molecule is CC(C)(C)OC(=O)NNC(=O)c1ccc(Oc2ccc(F)cc2)cc1. The molecule has 6 nitrogen and oxygen atoms in total. The summed E-state index contributed by atoms with van der Waals surface area (Å²) in [6.07, 6.45) is -0.753. The van der Waals surface area contributed by atoms with Crippen LogP contribution in [0.3, 0.4) is 0 Å². The number of hydrazine groups is 1. The fourth-order valence-corrected chi connectivity index (χ4v) is 1.80. The first-order valence-electron chi connectivity index (χ1n) is 7.56. The lowest BCUT2D eigenvalue weighted by atomic mass is 10.2. The zero-order valence-corrected chi connectivity index (χ0v) is 14.1. The van der Waals surface area contributed by atoms with E-state index in [2.05, 4.69) is 10.9 Å². The van der Waals surface area contributed by atoms with Gasteiger partial charge in [0.1, 0.15) is 22.9 Å². The molecule has 0 aliphatic heterocycles. The number of rotatable bonds is 3. The first kappa shape index (κ1) is 18.3. The molecule has 2 aromatic rings. The molecule has 25 heavy (non-hydrogen) atoms. The monoisotopic (exact) mass is 346 g/mol. The first-order valence-corrected chi connectivity index (χ1v) is 7.56. The molecule has 0 aromatic heterocycles. The van der Waals surface area contributed by atoms with E-state index in [-0.39, 0.29) is 5.82 Å². The van der Waals surface area contributed by atoms with Crippen molar-refractivity contribution >= 4 is 12.0 Å². The fourth-order valence-electron chi connectivity index (χ4n) is 1.80. The molecule has 0 unspecified atom stereocenters. The molecule has 132 valence electrons. The van der Waals surface area contributed by atoms with Gasteiger partial charge in [0.2, 0.25) is 0 Å². The van der Waals surface area contributed by atoms with Crippen LogP contribution < -0.4 is 15.6 Å². The average Bonchev–Trinajstić information content (AvgIpc) is 2.54. The summed E-state index contributed by atoms with van der Waals surface area (Å²) in [6, 6.07) is 11.8. The molecule has 0 saturated heterocycles. The first-order chi connectivity index (χ1) is 11.7. The van der Waals surface area contributed by atoms with Crippen LogP contribution in [-0.4, -0.2) is 17.6 Å². The Labute approximate surface area is 144 Å². The van der Waals surface area contributed by atoms with Gasteiger partial charge in [0, 0.05) is 5.56 Å². The van der Waals surface area contributed by atoms with Crippen LogP contribution in [-0.2, 0) is 4.74 Å². The summed E-state index contributed by atoms with van der Waals surface area (Å²) in [6.45, 7) is 5.15. The van der Waals surface area contributed by atoms with Crippen molar-refractivity contribution in [2.24, 2.45) is 0 Å². The molecule has 7 heteroatoms. The Morgan fingerprint density at radius 2 is 1.40 bits per heavy atom. The highest BCUT2D eigenvalue weighted by molar-refractivity contribution is 5.95. The van der Waals surface area contributed by atoms with Gasteiger partial charge in [0.15, 0.2) is 0 Å². The second-order valence-corrected chi connectivity index (χ2v) is 6.16.